The molecule has 1 N–H and O–H groups in total. The third-order valence-electron chi connectivity index (χ3n) is 2.43. The zero-order valence-electron chi connectivity index (χ0n) is 9.77. The van der Waals surface area contributed by atoms with Crippen molar-refractivity contribution in [3.8, 4) is 0 Å². The second kappa shape index (κ2) is 5.55. The summed E-state index contributed by atoms with van der Waals surface area (Å²) in [4.78, 5) is 14.3. The standard InChI is InChI=1S/C12H10F2N2O3/c13-8-2-1-7(9(14)6-8)5-10-15-11(19-16-10)3-4-12(17)18/h1-2,6H,3-5H2,(H,17,18). The molecule has 0 spiro atoms. The molecule has 1 aromatic carbocycles. The summed E-state index contributed by atoms with van der Waals surface area (Å²) in [5.74, 6) is -1.90. The minimum Gasteiger partial charge on any atom is -0.481 e. The molecule has 0 aliphatic heterocycles. The molecule has 2 rings (SSSR count). The van der Waals surface area contributed by atoms with E-state index >= 15 is 0 Å². The van der Waals surface area contributed by atoms with Crippen molar-refractivity contribution >= 4 is 5.97 Å². The van der Waals surface area contributed by atoms with Crippen LogP contribution in [0.4, 0.5) is 8.78 Å². The van der Waals surface area contributed by atoms with Crippen molar-refractivity contribution in [1.82, 2.24) is 10.1 Å². The van der Waals surface area contributed by atoms with Crippen LogP contribution in [0.1, 0.15) is 23.7 Å². The fourth-order valence-electron chi connectivity index (χ4n) is 1.51. The largest absolute Gasteiger partial charge is 0.481 e. The number of carboxylic acid groups (broad SMARTS) is 1. The van der Waals surface area contributed by atoms with Crippen molar-refractivity contribution in [2.24, 2.45) is 0 Å². The highest BCUT2D eigenvalue weighted by molar-refractivity contribution is 5.66. The first kappa shape index (κ1) is 13.1. The third kappa shape index (κ3) is 3.57. The summed E-state index contributed by atoms with van der Waals surface area (Å²) in [5.41, 5.74) is 0.243. The van der Waals surface area contributed by atoms with Gasteiger partial charge in [-0.1, -0.05) is 11.2 Å². The van der Waals surface area contributed by atoms with Crippen LogP contribution in [-0.4, -0.2) is 21.2 Å². The number of rotatable bonds is 5. The van der Waals surface area contributed by atoms with Crippen molar-refractivity contribution in [2.75, 3.05) is 0 Å². The predicted molar refractivity (Wildman–Crippen MR) is 59.4 cm³/mol. The van der Waals surface area contributed by atoms with E-state index in [4.69, 9.17) is 9.63 Å². The molecule has 2 aromatic rings. The molecule has 0 unspecified atom stereocenters. The Morgan fingerprint density at radius 1 is 1.37 bits per heavy atom. The van der Waals surface area contributed by atoms with Gasteiger partial charge < -0.3 is 9.63 Å². The van der Waals surface area contributed by atoms with Gasteiger partial charge in [0.05, 0.1) is 6.42 Å². The highest BCUT2D eigenvalue weighted by Crippen LogP contribution is 2.13. The minimum atomic E-state index is -0.968. The van der Waals surface area contributed by atoms with Gasteiger partial charge in [-0.2, -0.15) is 4.98 Å². The molecule has 1 aromatic heterocycles. The molecule has 1 heterocycles. The Hall–Kier alpha value is -2.31. The summed E-state index contributed by atoms with van der Waals surface area (Å²) < 4.78 is 30.9. The molecule has 0 bridgehead atoms. The van der Waals surface area contributed by atoms with E-state index in [1.165, 1.54) is 6.07 Å². The second-order valence-corrected chi connectivity index (χ2v) is 3.91. The molecule has 0 atom stereocenters. The molecule has 100 valence electrons. The van der Waals surface area contributed by atoms with E-state index in [9.17, 15) is 13.6 Å². The average Bonchev–Trinajstić information content (AvgIpc) is 2.78. The van der Waals surface area contributed by atoms with Gasteiger partial charge in [-0.05, 0) is 11.6 Å². The number of hydrogen-bond acceptors (Lipinski definition) is 4. The van der Waals surface area contributed by atoms with Crippen molar-refractivity contribution in [3.63, 3.8) is 0 Å². The van der Waals surface area contributed by atoms with E-state index in [0.29, 0.717) is 0 Å². The number of hydrogen-bond donors (Lipinski definition) is 1. The monoisotopic (exact) mass is 268 g/mol. The van der Waals surface area contributed by atoms with E-state index in [1.54, 1.807) is 0 Å². The van der Waals surface area contributed by atoms with Crippen LogP contribution in [0.25, 0.3) is 0 Å². The third-order valence-corrected chi connectivity index (χ3v) is 2.43. The van der Waals surface area contributed by atoms with Gasteiger partial charge in [0.2, 0.25) is 5.89 Å². The average molecular weight is 268 g/mol. The number of aryl methyl sites for hydroxylation is 1. The van der Waals surface area contributed by atoms with Crippen LogP contribution in [0.5, 0.6) is 0 Å². The van der Waals surface area contributed by atoms with Crippen LogP contribution in [0, 0.1) is 11.6 Å². The zero-order valence-corrected chi connectivity index (χ0v) is 9.77. The van der Waals surface area contributed by atoms with Crippen LogP contribution >= 0.6 is 0 Å². The molecule has 5 nitrogen and oxygen atoms in total. The predicted octanol–water partition coefficient (Wildman–Crippen LogP) is 1.96. The summed E-state index contributed by atoms with van der Waals surface area (Å²) in [6, 6.07) is 3.22. The van der Waals surface area contributed by atoms with Crippen LogP contribution < -0.4 is 0 Å². The maximum Gasteiger partial charge on any atom is 0.303 e. The highest BCUT2D eigenvalue weighted by atomic mass is 19.1. The summed E-state index contributed by atoms with van der Waals surface area (Å²) >= 11 is 0. The van der Waals surface area contributed by atoms with Gasteiger partial charge in [0.15, 0.2) is 5.82 Å². The molecule has 0 saturated carbocycles. The van der Waals surface area contributed by atoms with Gasteiger partial charge >= 0.3 is 5.97 Å². The molecule has 0 aliphatic carbocycles. The first-order valence-corrected chi connectivity index (χ1v) is 5.52. The lowest BCUT2D eigenvalue weighted by atomic mass is 10.1. The van der Waals surface area contributed by atoms with Gasteiger partial charge in [0, 0.05) is 18.9 Å². The summed E-state index contributed by atoms with van der Waals surface area (Å²) in [5, 5.41) is 12.1. The summed E-state index contributed by atoms with van der Waals surface area (Å²) in [7, 11) is 0. The Labute approximate surface area is 106 Å². The van der Waals surface area contributed by atoms with Crippen LogP contribution in [-0.2, 0) is 17.6 Å². The fourth-order valence-corrected chi connectivity index (χ4v) is 1.51. The number of carboxylic acids is 1. The lowest BCUT2D eigenvalue weighted by Crippen LogP contribution is -1.98. The van der Waals surface area contributed by atoms with Crippen molar-refractivity contribution < 1.29 is 23.2 Å². The SMILES string of the molecule is O=C(O)CCc1nc(Cc2ccc(F)cc2F)no1. The number of aromatic nitrogens is 2. The van der Waals surface area contributed by atoms with Gasteiger partial charge in [0.1, 0.15) is 11.6 Å². The first-order chi connectivity index (χ1) is 9.04. The quantitative estimate of drug-likeness (QED) is 0.897. The number of benzene rings is 1. The normalized spacial score (nSPS) is 10.6. The number of aliphatic carboxylic acids is 1. The van der Waals surface area contributed by atoms with Crippen molar-refractivity contribution in [1.29, 1.82) is 0 Å². The van der Waals surface area contributed by atoms with Gasteiger partial charge in [-0.15, -0.1) is 0 Å². The highest BCUT2D eigenvalue weighted by Gasteiger charge is 2.11. The Bertz CT molecular complexity index is 598. The number of halogens is 2. The minimum absolute atomic E-state index is 0.0582. The zero-order chi connectivity index (χ0) is 13.8. The fraction of sp³-hybridized carbons (Fsp3) is 0.250. The molecule has 0 fully saturated rings. The molecule has 7 heteroatoms. The Morgan fingerprint density at radius 2 is 2.16 bits per heavy atom. The van der Waals surface area contributed by atoms with E-state index < -0.39 is 17.6 Å². The van der Waals surface area contributed by atoms with Crippen molar-refractivity contribution in [2.45, 2.75) is 19.3 Å². The topological polar surface area (TPSA) is 76.2 Å². The van der Waals surface area contributed by atoms with Crippen LogP contribution in [0.3, 0.4) is 0 Å². The maximum absolute atomic E-state index is 13.4. The molecular formula is C12H10F2N2O3. The van der Waals surface area contributed by atoms with Crippen LogP contribution in [0.15, 0.2) is 22.7 Å². The maximum atomic E-state index is 13.4. The number of nitrogens with zero attached hydrogens (tertiary/aromatic N) is 2. The molecule has 0 amide bonds. The molecule has 0 saturated heterocycles. The molecule has 0 radical (unpaired) electrons. The number of carbonyl (C=O) groups is 1. The van der Waals surface area contributed by atoms with E-state index in [2.05, 4.69) is 10.1 Å². The lowest BCUT2D eigenvalue weighted by molar-refractivity contribution is -0.137. The van der Waals surface area contributed by atoms with E-state index in [-0.39, 0.29) is 36.5 Å². The van der Waals surface area contributed by atoms with Crippen LogP contribution in [0.2, 0.25) is 0 Å². The Balaban J connectivity index is 2.05. The lowest BCUT2D eigenvalue weighted by Gasteiger charge is -1.98. The van der Waals surface area contributed by atoms with E-state index in [1.807, 2.05) is 0 Å². The Morgan fingerprint density at radius 3 is 2.84 bits per heavy atom. The smallest absolute Gasteiger partial charge is 0.303 e. The second-order valence-electron chi connectivity index (χ2n) is 3.91. The first-order valence-electron chi connectivity index (χ1n) is 5.52. The van der Waals surface area contributed by atoms with Gasteiger partial charge in [-0.25, -0.2) is 8.78 Å². The van der Waals surface area contributed by atoms with Gasteiger partial charge in [-0.3, -0.25) is 4.79 Å². The summed E-state index contributed by atoms with van der Waals surface area (Å²) in [6.45, 7) is 0. The molecule has 0 aliphatic rings. The van der Waals surface area contributed by atoms with Crippen molar-refractivity contribution in [3.05, 3.63) is 47.1 Å². The molecule has 19 heavy (non-hydrogen) atoms. The Kier molecular flexibility index (Phi) is 3.84. The van der Waals surface area contributed by atoms with E-state index in [0.717, 1.165) is 12.1 Å². The van der Waals surface area contributed by atoms with Gasteiger partial charge in [0.25, 0.3) is 0 Å². The molecular weight excluding hydrogens is 258 g/mol. The summed E-state index contributed by atoms with van der Waals surface area (Å²) in [6.07, 6.45) is 0.0590.